The highest BCUT2D eigenvalue weighted by atomic mass is 16.8. The Morgan fingerprint density at radius 3 is 1.14 bits per heavy atom. The molecule has 0 aliphatic carbocycles. The number of carbonyl (C=O) groups excluding carboxylic acids is 2. The Hall–Kier alpha value is -2.42. The standard InChI is InChI=1S/C46H78N2O36/c1-10(55)47-19-26(62)35(16(7-53)73-40(19)71)80-41-20(48-11(2)56)27(63)36(17(8-54)78-41)81-45-34(70)38(82-43-31(67)28(64)21(57)12(3-49)75-43)25(61)18(79-45)9-72-42-33(69)37(24(60)15(6-52)74-42)83-46-39(30(66)23(59)14(5-51)77-46)84-44-32(68)29(65)22(58)13(4-50)76-44/h12-46,49-54,57-71H,3-9H2,1-2H3,(H,47,55)(H,48,56)/t12-,13-,14-,15-,16-,17-,18-,19-,20-,21-,22-,23-,24-,25-,26-,27-,28+,29+,30+,31+,32+,33+,34+,35-,36-,37+,38+,39+,40?,41+,42+,43-,44-,45+,46-/m1/s1. The summed E-state index contributed by atoms with van der Waals surface area (Å²) < 4.78 is 74.4. The minimum absolute atomic E-state index is 0.735. The predicted octanol–water partition coefficient (Wildman–Crippen LogP) is -16.0. The van der Waals surface area contributed by atoms with Gasteiger partial charge >= 0.3 is 0 Å². The SMILES string of the molecule is CC(=O)N[C@H]1[C@H](O[C@H]2[C@H](O)[C@@H](NC(C)=O)C(O)O[C@@H]2CO)O[C@H](CO)[C@@H](O[C@@H]2O[C@H](CO[C@H]3O[C@H](CO)[C@@H](O)[C@H](O[C@H]4O[C@H](CO)[C@@H](O)[C@H](O)[C@@H]4O[C@H]4O[C@H](CO)[C@@H](O)[C@H](O)[C@@H]4O)[C@@H]3O)[C@@H](O)[C@H](O[C@H]3O[C@H](CO)[C@@H](O)[C@H](O)[C@@H]3O)[C@@H]2O)[C@@H]1O. The van der Waals surface area contributed by atoms with Crippen molar-refractivity contribution in [2.24, 2.45) is 0 Å². The molecule has 0 bridgehead atoms. The molecule has 7 saturated heterocycles. The van der Waals surface area contributed by atoms with Gasteiger partial charge in [-0.05, 0) is 0 Å². The third-order valence-corrected chi connectivity index (χ3v) is 15.3. The molecule has 2 amide bonds. The minimum Gasteiger partial charge on any atom is -0.394 e. The molecule has 38 nitrogen and oxygen atoms in total. The first-order valence-corrected chi connectivity index (χ1v) is 26.6. The molecule has 0 saturated carbocycles. The molecule has 0 aromatic rings. The van der Waals surface area contributed by atoms with Crippen molar-refractivity contribution in [3.63, 3.8) is 0 Å². The summed E-state index contributed by atoms with van der Waals surface area (Å²) in [6, 6.07) is -3.36. The molecule has 38 heteroatoms. The molecule has 1 unspecified atom stereocenters. The van der Waals surface area contributed by atoms with Crippen LogP contribution in [0.2, 0.25) is 0 Å². The molecule has 0 aromatic heterocycles. The van der Waals surface area contributed by atoms with E-state index in [1.807, 2.05) is 0 Å². The van der Waals surface area contributed by atoms with Crippen LogP contribution in [0.3, 0.4) is 0 Å². The molecule has 0 spiro atoms. The lowest BCUT2D eigenvalue weighted by atomic mass is 9.94. The molecule has 0 aromatic carbocycles. The second-order valence-electron chi connectivity index (χ2n) is 21.1. The Labute approximate surface area is 475 Å². The van der Waals surface area contributed by atoms with Crippen molar-refractivity contribution in [3.8, 4) is 0 Å². The van der Waals surface area contributed by atoms with Crippen molar-refractivity contribution >= 4 is 11.8 Å². The van der Waals surface area contributed by atoms with E-state index < -0.39 is 273 Å². The summed E-state index contributed by atoms with van der Waals surface area (Å²) in [5, 5.41) is 231. The number of rotatable bonds is 21. The highest BCUT2D eigenvalue weighted by Crippen LogP contribution is 2.37. The van der Waals surface area contributed by atoms with Crippen LogP contribution in [0.25, 0.3) is 0 Å². The molecule has 23 N–H and O–H groups in total. The Kier molecular flexibility index (Phi) is 24.6. The quantitative estimate of drug-likeness (QED) is 0.0507. The van der Waals surface area contributed by atoms with Gasteiger partial charge < -0.3 is 179 Å². The predicted molar refractivity (Wildman–Crippen MR) is 255 cm³/mol. The van der Waals surface area contributed by atoms with Crippen LogP contribution in [0.15, 0.2) is 0 Å². The summed E-state index contributed by atoms with van der Waals surface area (Å²) >= 11 is 0. The first-order chi connectivity index (χ1) is 39.7. The number of hydrogen-bond acceptors (Lipinski definition) is 36. The molecule has 84 heavy (non-hydrogen) atoms. The number of ether oxygens (including phenoxy) is 13. The van der Waals surface area contributed by atoms with Crippen LogP contribution in [0.1, 0.15) is 13.8 Å². The third-order valence-electron chi connectivity index (χ3n) is 15.3. The van der Waals surface area contributed by atoms with Gasteiger partial charge in [0.15, 0.2) is 44.0 Å². The topological polar surface area (TPSA) is 603 Å². The number of hydrogen-bond donors (Lipinski definition) is 23. The fourth-order valence-electron chi connectivity index (χ4n) is 10.7. The van der Waals surface area contributed by atoms with E-state index in [9.17, 15) is 117 Å². The highest BCUT2D eigenvalue weighted by molar-refractivity contribution is 5.73. The van der Waals surface area contributed by atoms with Gasteiger partial charge in [0.1, 0.15) is 171 Å². The fourth-order valence-corrected chi connectivity index (χ4v) is 10.7. The van der Waals surface area contributed by atoms with Gasteiger partial charge in [-0.15, -0.1) is 0 Å². The van der Waals surface area contributed by atoms with E-state index in [1.54, 1.807) is 0 Å². The zero-order valence-electron chi connectivity index (χ0n) is 44.7. The van der Waals surface area contributed by atoms with E-state index in [0.717, 1.165) is 13.8 Å². The van der Waals surface area contributed by atoms with Gasteiger partial charge in [0.05, 0.1) is 46.2 Å². The zero-order valence-corrected chi connectivity index (χ0v) is 44.7. The maximum Gasteiger partial charge on any atom is 0.217 e. The molecule has 35 atom stereocenters. The van der Waals surface area contributed by atoms with Crippen LogP contribution in [0, 0.1) is 0 Å². The smallest absolute Gasteiger partial charge is 0.217 e. The zero-order chi connectivity index (χ0) is 61.9. The van der Waals surface area contributed by atoms with Gasteiger partial charge in [0.2, 0.25) is 11.8 Å². The van der Waals surface area contributed by atoms with Crippen molar-refractivity contribution in [2.75, 3.05) is 46.2 Å². The molecule has 7 heterocycles. The van der Waals surface area contributed by atoms with E-state index in [-0.39, 0.29) is 0 Å². The molecule has 7 fully saturated rings. The average Bonchev–Trinajstić information content (AvgIpc) is 1.85. The summed E-state index contributed by atoms with van der Waals surface area (Å²) in [6.45, 7) is -4.97. The van der Waals surface area contributed by atoms with Gasteiger partial charge in [-0.2, -0.15) is 0 Å². The van der Waals surface area contributed by atoms with Gasteiger partial charge in [-0.25, -0.2) is 0 Å². The Morgan fingerprint density at radius 1 is 0.310 bits per heavy atom. The van der Waals surface area contributed by atoms with Crippen LogP contribution in [0.5, 0.6) is 0 Å². The lowest BCUT2D eigenvalue weighted by Gasteiger charge is -2.50. The third kappa shape index (κ3) is 14.7. The molecule has 488 valence electrons. The molecule has 7 aliphatic heterocycles. The Morgan fingerprint density at radius 2 is 0.643 bits per heavy atom. The maximum atomic E-state index is 12.7. The van der Waals surface area contributed by atoms with Crippen molar-refractivity contribution < 1.29 is 178 Å². The minimum atomic E-state index is -2.33. The number of aliphatic hydroxyl groups excluding tert-OH is 21. The molecule has 7 rings (SSSR count). The second-order valence-corrected chi connectivity index (χ2v) is 21.1. The number of aliphatic hydroxyl groups is 21. The largest absolute Gasteiger partial charge is 0.394 e. The van der Waals surface area contributed by atoms with Crippen molar-refractivity contribution in [1.82, 2.24) is 10.6 Å². The fraction of sp³-hybridized carbons (Fsp3) is 0.957. The van der Waals surface area contributed by atoms with Gasteiger partial charge in [-0.3, -0.25) is 9.59 Å². The summed E-state index contributed by atoms with van der Waals surface area (Å²) in [5.41, 5.74) is 0. The van der Waals surface area contributed by atoms with Crippen LogP contribution >= 0.6 is 0 Å². The molecular formula is C46H78N2O36. The molecule has 0 radical (unpaired) electrons. The Bertz CT molecular complexity index is 2060. The monoisotopic (exact) mass is 1230 g/mol. The number of amides is 2. The van der Waals surface area contributed by atoms with E-state index in [0.29, 0.717) is 0 Å². The van der Waals surface area contributed by atoms with Crippen molar-refractivity contribution in [3.05, 3.63) is 0 Å². The summed E-state index contributed by atoms with van der Waals surface area (Å²) in [5.74, 6) is -1.60. The van der Waals surface area contributed by atoms with Gasteiger partial charge in [0.25, 0.3) is 0 Å². The number of nitrogens with one attached hydrogen (secondary N) is 2. The van der Waals surface area contributed by atoms with E-state index in [1.165, 1.54) is 0 Å². The van der Waals surface area contributed by atoms with Crippen LogP contribution in [0.4, 0.5) is 0 Å². The summed E-state index contributed by atoms with van der Waals surface area (Å²) in [7, 11) is 0. The molecule has 7 aliphatic rings. The van der Waals surface area contributed by atoms with Gasteiger partial charge in [-0.1, -0.05) is 0 Å². The highest BCUT2D eigenvalue weighted by Gasteiger charge is 2.58. The first-order valence-electron chi connectivity index (χ1n) is 26.6. The van der Waals surface area contributed by atoms with Crippen molar-refractivity contribution in [2.45, 2.75) is 229 Å². The first kappa shape index (κ1) is 69.1. The Balaban J connectivity index is 1.14. The lowest BCUT2D eigenvalue weighted by molar-refractivity contribution is -0.394. The van der Waals surface area contributed by atoms with Crippen LogP contribution in [-0.2, 0) is 71.2 Å². The van der Waals surface area contributed by atoms with E-state index in [2.05, 4.69) is 10.6 Å². The van der Waals surface area contributed by atoms with E-state index >= 15 is 0 Å². The van der Waals surface area contributed by atoms with Crippen LogP contribution in [-0.4, -0.2) is 380 Å². The summed E-state index contributed by atoms with van der Waals surface area (Å²) in [6.07, 6.45) is -65.4. The number of carbonyl (C=O) groups is 2. The van der Waals surface area contributed by atoms with Crippen LogP contribution < -0.4 is 10.6 Å². The normalized spacial score (nSPS) is 50.3. The lowest BCUT2D eigenvalue weighted by Crippen LogP contribution is -2.70. The second kappa shape index (κ2) is 29.9. The van der Waals surface area contributed by atoms with Crippen molar-refractivity contribution in [1.29, 1.82) is 0 Å². The maximum absolute atomic E-state index is 12.7. The van der Waals surface area contributed by atoms with Gasteiger partial charge in [0, 0.05) is 13.8 Å². The molecular weight excluding hydrogens is 1160 g/mol. The summed E-state index contributed by atoms with van der Waals surface area (Å²) in [4.78, 5) is 24.6. The van der Waals surface area contributed by atoms with E-state index in [4.69, 9.17) is 61.6 Å². The average molecular weight is 1240 g/mol.